The minimum Gasteiger partial charge on any atom is -0.354 e. The van der Waals surface area contributed by atoms with Gasteiger partial charge in [-0.25, -0.2) is 0 Å². The molecule has 2 saturated heterocycles. The number of fused-ring (bicyclic) bond motifs is 2. The fraction of sp³-hybridized carbons (Fsp3) is 0.846. The van der Waals surface area contributed by atoms with Crippen molar-refractivity contribution in [1.29, 1.82) is 0 Å². The standard InChI is InChI=1S/C13H21N3O2/c17-12(8-1-2-8)14-5-6-15-13(18)10-7-9-3-4-11(10)16-9/h8-11,16H,1-7H2,(H,14,17)(H,15,18). The molecule has 2 heterocycles. The molecule has 100 valence electrons. The molecule has 0 aromatic heterocycles. The van der Waals surface area contributed by atoms with Gasteiger partial charge in [0.1, 0.15) is 0 Å². The molecule has 3 fully saturated rings. The highest BCUT2D eigenvalue weighted by molar-refractivity contribution is 5.81. The largest absolute Gasteiger partial charge is 0.354 e. The number of carbonyl (C=O) groups excluding carboxylic acids is 2. The van der Waals surface area contributed by atoms with Crippen LogP contribution in [0.3, 0.4) is 0 Å². The van der Waals surface area contributed by atoms with Crippen molar-refractivity contribution in [2.45, 2.75) is 44.2 Å². The second-order valence-electron chi connectivity index (χ2n) is 5.75. The Balaban J connectivity index is 1.33. The molecule has 3 N–H and O–H groups in total. The van der Waals surface area contributed by atoms with Crippen molar-refractivity contribution in [3.8, 4) is 0 Å². The molecule has 0 aromatic carbocycles. The first-order valence-corrected chi connectivity index (χ1v) is 7.05. The normalized spacial score (nSPS) is 33.4. The quantitative estimate of drug-likeness (QED) is 0.591. The molecule has 0 spiro atoms. The van der Waals surface area contributed by atoms with Gasteiger partial charge in [0.15, 0.2) is 0 Å². The van der Waals surface area contributed by atoms with Crippen molar-refractivity contribution < 1.29 is 9.59 Å². The molecule has 5 heteroatoms. The molecule has 18 heavy (non-hydrogen) atoms. The van der Waals surface area contributed by atoms with Gasteiger partial charge in [-0.05, 0) is 32.1 Å². The number of rotatable bonds is 5. The molecule has 2 aliphatic heterocycles. The minimum atomic E-state index is 0.142. The Bertz CT molecular complexity index is 354. The molecule has 5 nitrogen and oxygen atoms in total. The van der Waals surface area contributed by atoms with Crippen molar-refractivity contribution in [1.82, 2.24) is 16.0 Å². The number of nitrogens with one attached hydrogen (secondary N) is 3. The first kappa shape index (κ1) is 12.0. The molecule has 1 aliphatic carbocycles. The Morgan fingerprint density at radius 2 is 1.72 bits per heavy atom. The third kappa shape index (κ3) is 2.51. The summed E-state index contributed by atoms with van der Waals surface area (Å²) in [5.74, 6) is 0.680. The first-order valence-electron chi connectivity index (χ1n) is 7.05. The fourth-order valence-electron chi connectivity index (χ4n) is 3.11. The van der Waals surface area contributed by atoms with E-state index in [-0.39, 0.29) is 23.7 Å². The smallest absolute Gasteiger partial charge is 0.224 e. The van der Waals surface area contributed by atoms with Crippen LogP contribution in [0.4, 0.5) is 0 Å². The molecule has 2 amide bonds. The number of hydrogen-bond donors (Lipinski definition) is 3. The van der Waals surface area contributed by atoms with Crippen LogP contribution in [0, 0.1) is 11.8 Å². The van der Waals surface area contributed by atoms with Crippen molar-refractivity contribution in [3.63, 3.8) is 0 Å². The molecular weight excluding hydrogens is 230 g/mol. The van der Waals surface area contributed by atoms with Crippen LogP contribution in [0.5, 0.6) is 0 Å². The number of hydrogen-bond acceptors (Lipinski definition) is 3. The third-order valence-electron chi connectivity index (χ3n) is 4.31. The van der Waals surface area contributed by atoms with Crippen LogP contribution in [0.15, 0.2) is 0 Å². The maximum Gasteiger partial charge on any atom is 0.224 e. The summed E-state index contributed by atoms with van der Waals surface area (Å²) < 4.78 is 0. The van der Waals surface area contributed by atoms with E-state index in [0.29, 0.717) is 25.2 Å². The Labute approximate surface area is 107 Å². The van der Waals surface area contributed by atoms with Gasteiger partial charge >= 0.3 is 0 Å². The average Bonchev–Trinajstić information content (AvgIpc) is 3.02. The molecule has 3 unspecified atom stereocenters. The maximum atomic E-state index is 12.0. The molecule has 1 saturated carbocycles. The highest BCUT2D eigenvalue weighted by atomic mass is 16.2. The summed E-state index contributed by atoms with van der Waals surface area (Å²) in [6, 6.07) is 0.941. The van der Waals surface area contributed by atoms with E-state index in [2.05, 4.69) is 16.0 Å². The predicted octanol–water partition coefficient (Wildman–Crippen LogP) is -0.231. The molecular formula is C13H21N3O2. The Morgan fingerprint density at radius 1 is 1.00 bits per heavy atom. The van der Waals surface area contributed by atoms with Crippen LogP contribution < -0.4 is 16.0 Å². The Hall–Kier alpha value is -1.10. The van der Waals surface area contributed by atoms with Crippen LogP contribution in [-0.4, -0.2) is 37.0 Å². The van der Waals surface area contributed by atoms with E-state index in [1.807, 2.05) is 0 Å². The van der Waals surface area contributed by atoms with Crippen LogP contribution in [0.25, 0.3) is 0 Å². The second-order valence-corrected chi connectivity index (χ2v) is 5.75. The van der Waals surface area contributed by atoms with Gasteiger partial charge in [0.2, 0.25) is 11.8 Å². The fourth-order valence-corrected chi connectivity index (χ4v) is 3.11. The summed E-state index contributed by atoms with van der Waals surface area (Å²) in [6.07, 6.45) is 5.36. The molecule has 0 radical (unpaired) electrons. The van der Waals surface area contributed by atoms with E-state index in [4.69, 9.17) is 0 Å². The topological polar surface area (TPSA) is 70.2 Å². The second kappa shape index (κ2) is 4.88. The van der Waals surface area contributed by atoms with Gasteiger partial charge in [-0.15, -0.1) is 0 Å². The summed E-state index contributed by atoms with van der Waals surface area (Å²) in [5, 5.41) is 9.25. The van der Waals surface area contributed by atoms with Gasteiger partial charge in [-0.3, -0.25) is 9.59 Å². The van der Waals surface area contributed by atoms with E-state index in [1.165, 1.54) is 6.42 Å². The molecule has 2 bridgehead atoms. The summed E-state index contributed by atoms with van der Waals surface area (Å²) in [5.41, 5.74) is 0. The van der Waals surface area contributed by atoms with E-state index < -0.39 is 0 Å². The van der Waals surface area contributed by atoms with Gasteiger partial charge in [0.25, 0.3) is 0 Å². The lowest BCUT2D eigenvalue weighted by atomic mass is 9.88. The van der Waals surface area contributed by atoms with Gasteiger partial charge in [-0.1, -0.05) is 0 Å². The van der Waals surface area contributed by atoms with E-state index in [1.54, 1.807) is 0 Å². The van der Waals surface area contributed by atoms with Crippen LogP contribution >= 0.6 is 0 Å². The highest BCUT2D eigenvalue weighted by Crippen LogP contribution is 2.33. The van der Waals surface area contributed by atoms with Gasteiger partial charge in [-0.2, -0.15) is 0 Å². The lowest BCUT2D eigenvalue weighted by molar-refractivity contribution is -0.126. The van der Waals surface area contributed by atoms with Gasteiger partial charge in [0, 0.05) is 31.1 Å². The van der Waals surface area contributed by atoms with Crippen molar-refractivity contribution in [3.05, 3.63) is 0 Å². The number of amides is 2. The van der Waals surface area contributed by atoms with E-state index in [9.17, 15) is 9.59 Å². The molecule has 3 aliphatic rings. The van der Waals surface area contributed by atoms with Crippen molar-refractivity contribution >= 4 is 11.8 Å². The summed E-state index contributed by atoms with van der Waals surface area (Å²) in [4.78, 5) is 23.3. The molecule has 0 aromatic rings. The lowest BCUT2D eigenvalue weighted by Gasteiger charge is -2.19. The highest BCUT2D eigenvalue weighted by Gasteiger charge is 2.42. The summed E-state index contributed by atoms with van der Waals surface area (Å²) in [7, 11) is 0. The zero-order chi connectivity index (χ0) is 12.5. The van der Waals surface area contributed by atoms with E-state index in [0.717, 1.165) is 25.7 Å². The van der Waals surface area contributed by atoms with Crippen LogP contribution in [0.1, 0.15) is 32.1 Å². The third-order valence-corrected chi connectivity index (χ3v) is 4.31. The number of carbonyl (C=O) groups is 2. The summed E-state index contributed by atoms with van der Waals surface area (Å²) >= 11 is 0. The van der Waals surface area contributed by atoms with Gasteiger partial charge < -0.3 is 16.0 Å². The SMILES string of the molecule is O=C(NCCNC(=O)C1CC2CCC1N2)C1CC1. The van der Waals surface area contributed by atoms with Crippen LogP contribution in [0.2, 0.25) is 0 Å². The Kier molecular flexibility index (Phi) is 3.24. The molecule has 3 atom stereocenters. The average molecular weight is 251 g/mol. The zero-order valence-corrected chi connectivity index (χ0v) is 10.6. The maximum absolute atomic E-state index is 12.0. The van der Waals surface area contributed by atoms with Crippen LogP contribution in [-0.2, 0) is 9.59 Å². The first-order chi connectivity index (χ1) is 8.74. The van der Waals surface area contributed by atoms with Crippen molar-refractivity contribution in [2.75, 3.05) is 13.1 Å². The Morgan fingerprint density at radius 3 is 2.28 bits per heavy atom. The molecule has 3 rings (SSSR count). The van der Waals surface area contributed by atoms with Crippen molar-refractivity contribution in [2.24, 2.45) is 11.8 Å². The zero-order valence-electron chi connectivity index (χ0n) is 10.6. The predicted molar refractivity (Wildman–Crippen MR) is 66.8 cm³/mol. The minimum absolute atomic E-state index is 0.142. The van der Waals surface area contributed by atoms with E-state index >= 15 is 0 Å². The van der Waals surface area contributed by atoms with Gasteiger partial charge in [0.05, 0.1) is 5.92 Å². The summed E-state index contributed by atoms with van der Waals surface area (Å²) in [6.45, 7) is 1.10. The monoisotopic (exact) mass is 251 g/mol. The lowest BCUT2D eigenvalue weighted by Crippen LogP contribution is -2.41.